The van der Waals surface area contributed by atoms with Gasteiger partial charge in [0.15, 0.2) is 0 Å². The van der Waals surface area contributed by atoms with E-state index < -0.39 is 0 Å². The molecule has 0 spiro atoms. The highest BCUT2D eigenvalue weighted by atomic mass is 16.5. The minimum Gasteiger partial charge on any atom is -0.467 e. The quantitative estimate of drug-likeness (QED) is 0.505. The predicted molar refractivity (Wildman–Crippen MR) is 39.0 cm³/mol. The Balaban J connectivity index is 2.32. The van der Waals surface area contributed by atoms with Crippen molar-refractivity contribution in [2.75, 3.05) is 6.61 Å². The second kappa shape index (κ2) is 3.75. The van der Waals surface area contributed by atoms with Crippen molar-refractivity contribution in [2.45, 2.75) is 13.3 Å². The molecule has 0 aromatic carbocycles. The summed E-state index contributed by atoms with van der Waals surface area (Å²) in [6.45, 7) is 2.77. The van der Waals surface area contributed by atoms with Crippen molar-refractivity contribution in [3.8, 4) is 0 Å². The Kier molecular flexibility index (Phi) is 2.66. The Bertz CT molecular complexity index is 232. The molecule has 4 nitrogen and oxygen atoms in total. The number of rotatable bonds is 4. The van der Waals surface area contributed by atoms with Crippen LogP contribution in [0.1, 0.15) is 11.4 Å². The molecule has 0 amide bonds. The maximum Gasteiger partial charge on any atom is 0.293 e. The first-order chi connectivity index (χ1) is 5.33. The Morgan fingerprint density at radius 3 is 3.18 bits per heavy atom. The average molecular weight is 154 g/mol. The fourth-order valence-electron chi connectivity index (χ4n) is 0.814. The summed E-state index contributed by atoms with van der Waals surface area (Å²) >= 11 is 0. The standard InChI is InChI=1S/C7H10N2O2/c1-6-4-7(9-8-6)2-3-11-5-10/h4-5H,2-3H2,1H3,(H,8,9). The normalized spacial score (nSPS) is 9.55. The van der Waals surface area contributed by atoms with Crippen LogP contribution in [0.4, 0.5) is 0 Å². The number of aromatic amines is 1. The maximum atomic E-state index is 9.75. The summed E-state index contributed by atoms with van der Waals surface area (Å²) in [5.41, 5.74) is 1.94. The van der Waals surface area contributed by atoms with Gasteiger partial charge >= 0.3 is 0 Å². The molecular weight excluding hydrogens is 144 g/mol. The molecule has 0 fully saturated rings. The average Bonchev–Trinajstić information content (AvgIpc) is 2.37. The van der Waals surface area contributed by atoms with Gasteiger partial charge in [0.05, 0.1) is 12.3 Å². The van der Waals surface area contributed by atoms with Gasteiger partial charge in [0, 0.05) is 12.1 Å². The molecule has 0 saturated carbocycles. The van der Waals surface area contributed by atoms with Crippen LogP contribution in [0.5, 0.6) is 0 Å². The number of aryl methyl sites for hydroxylation is 1. The third-order valence-corrected chi connectivity index (χ3v) is 1.30. The van der Waals surface area contributed by atoms with Crippen molar-refractivity contribution >= 4 is 6.47 Å². The van der Waals surface area contributed by atoms with Crippen LogP contribution >= 0.6 is 0 Å². The monoisotopic (exact) mass is 154 g/mol. The molecule has 1 aromatic heterocycles. The lowest BCUT2D eigenvalue weighted by Crippen LogP contribution is -1.96. The van der Waals surface area contributed by atoms with Crippen LogP contribution in [0.3, 0.4) is 0 Å². The number of carbonyl (C=O) groups excluding carboxylic acids is 1. The summed E-state index contributed by atoms with van der Waals surface area (Å²) in [5, 5.41) is 6.77. The molecular formula is C7H10N2O2. The molecule has 0 unspecified atom stereocenters. The summed E-state index contributed by atoms with van der Waals surface area (Å²) < 4.78 is 4.51. The van der Waals surface area contributed by atoms with E-state index in [0.717, 1.165) is 11.4 Å². The van der Waals surface area contributed by atoms with E-state index in [1.54, 1.807) is 0 Å². The number of H-pyrrole nitrogens is 1. The topological polar surface area (TPSA) is 55.0 Å². The molecule has 0 saturated heterocycles. The van der Waals surface area contributed by atoms with Gasteiger partial charge < -0.3 is 4.74 Å². The molecule has 0 bridgehead atoms. The van der Waals surface area contributed by atoms with Crippen LogP contribution in [-0.4, -0.2) is 23.3 Å². The van der Waals surface area contributed by atoms with E-state index in [1.165, 1.54) is 0 Å². The van der Waals surface area contributed by atoms with Gasteiger partial charge in [-0.15, -0.1) is 0 Å². The van der Waals surface area contributed by atoms with E-state index in [0.29, 0.717) is 19.5 Å². The van der Waals surface area contributed by atoms with E-state index >= 15 is 0 Å². The number of aromatic nitrogens is 2. The summed E-state index contributed by atoms with van der Waals surface area (Å²) in [5.74, 6) is 0. The lowest BCUT2D eigenvalue weighted by atomic mass is 10.3. The van der Waals surface area contributed by atoms with E-state index in [-0.39, 0.29) is 0 Å². The molecule has 4 heteroatoms. The number of nitrogens with zero attached hydrogens (tertiary/aromatic N) is 1. The zero-order chi connectivity index (χ0) is 8.10. The van der Waals surface area contributed by atoms with Gasteiger partial charge in [0.1, 0.15) is 0 Å². The fourth-order valence-corrected chi connectivity index (χ4v) is 0.814. The minimum atomic E-state index is 0.397. The molecule has 0 radical (unpaired) electrons. The first kappa shape index (κ1) is 7.78. The highest BCUT2D eigenvalue weighted by Gasteiger charge is 1.96. The van der Waals surface area contributed by atoms with E-state index in [1.807, 2.05) is 13.0 Å². The largest absolute Gasteiger partial charge is 0.467 e. The van der Waals surface area contributed by atoms with Crippen LogP contribution in [0, 0.1) is 6.92 Å². The highest BCUT2D eigenvalue weighted by molar-refractivity contribution is 5.36. The second-order valence-corrected chi connectivity index (χ2v) is 2.26. The van der Waals surface area contributed by atoms with Gasteiger partial charge in [-0.2, -0.15) is 5.10 Å². The number of hydrogen-bond donors (Lipinski definition) is 1. The van der Waals surface area contributed by atoms with Gasteiger partial charge in [-0.3, -0.25) is 9.89 Å². The number of carbonyl (C=O) groups is 1. The van der Waals surface area contributed by atoms with Crippen molar-refractivity contribution in [1.29, 1.82) is 0 Å². The van der Waals surface area contributed by atoms with Crippen molar-refractivity contribution in [3.05, 3.63) is 17.5 Å². The number of nitrogens with one attached hydrogen (secondary N) is 1. The molecule has 1 heterocycles. The lowest BCUT2D eigenvalue weighted by molar-refractivity contribution is -0.128. The first-order valence-corrected chi connectivity index (χ1v) is 3.39. The molecule has 1 N–H and O–H groups in total. The van der Waals surface area contributed by atoms with Gasteiger partial charge in [-0.05, 0) is 13.0 Å². The Morgan fingerprint density at radius 1 is 1.82 bits per heavy atom. The first-order valence-electron chi connectivity index (χ1n) is 3.39. The van der Waals surface area contributed by atoms with Crippen molar-refractivity contribution in [3.63, 3.8) is 0 Å². The highest BCUT2D eigenvalue weighted by Crippen LogP contribution is 1.97. The van der Waals surface area contributed by atoms with E-state index in [4.69, 9.17) is 0 Å². The Hall–Kier alpha value is -1.32. The summed E-state index contributed by atoms with van der Waals surface area (Å²) in [7, 11) is 0. The molecule has 60 valence electrons. The van der Waals surface area contributed by atoms with Crippen molar-refractivity contribution < 1.29 is 9.53 Å². The summed E-state index contributed by atoms with van der Waals surface area (Å²) in [4.78, 5) is 9.75. The molecule has 0 aliphatic rings. The van der Waals surface area contributed by atoms with Crippen LogP contribution < -0.4 is 0 Å². The predicted octanol–water partition coefficient (Wildman–Crippen LogP) is 0.434. The zero-order valence-electron chi connectivity index (χ0n) is 6.33. The molecule has 1 rings (SSSR count). The smallest absolute Gasteiger partial charge is 0.293 e. The summed E-state index contributed by atoms with van der Waals surface area (Å²) in [6.07, 6.45) is 0.670. The van der Waals surface area contributed by atoms with Crippen molar-refractivity contribution in [1.82, 2.24) is 10.2 Å². The third kappa shape index (κ3) is 2.41. The number of ether oxygens (including phenoxy) is 1. The van der Waals surface area contributed by atoms with Crippen LogP contribution in [0.25, 0.3) is 0 Å². The Labute approximate surface area is 64.6 Å². The van der Waals surface area contributed by atoms with E-state index in [9.17, 15) is 4.79 Å². The number of hydrogen-bond acceptors (Lipinski definition) is 3. The fraction of sp³-hybridized carbons (Fsp3) is 0.429. The molecule has 11 heavy (non-hydrogen) atoms. The van der Waals surface area contributed by atoms with Gasteiger partial charge in [-0.25, -0.2) is 0 Å². The van der Waals surface area contributed by atoms with Gasteiger partial charge in [0.2, 0.25) is 0 Å². The lowest BCUT2D eigenvalue weighted by Gasteiger charge is -1.92. The molecule has 0 atom stereocenters. The molecule has 1 aromatic rings. The SMILES string of the molecule is Cc1cc(CCOC=O)n[nH]1. The Morgan fingerprint density at radius 2 is 2.64 bits per heavy atom. The van der Waals surface area contributed by atoms with Crippen molar-refractivity contribution in [2.24, 2.45) is 0 Å². The van der Waals surface area contributed by atoms with Crippen LogP contribution in [-0.2, 0) is 16.0 Å². The van der Waals surface area contributed by atoms with E-state index in [2.05, 4.69) is 14.9 Å². The maximum absolute atomic E-state index is 9.75. The van der Waals surface area contributed by atoms with Crippen LogP contribution in [0.2, 0.25) is 0 Å². The second-order valence-electron chi connectivity index (χ2n) is 2.26. The minimum absolute atomic E-state index is 0.397. The van der Waals surface area contributed by atoms with Crippen LogP contribution in [0.15, 0.2) is 6.07 Å². The summed E-state index contributed by atoms with van der Waals surface area (Å²) in [6, 6.07) is 1.92. The zero-order valence-corrected chi connectivity index (χ0v) is 6.33. The molecule has 0 aliphatic carbocycles. The molecule has 0 aliphatic heterocycles. The third-order valence-electron chi connectivity index (χ3n) is 1.30. The van der Waals surface area contributed by atoms with Gasteiger partial charge in [-0.1, -0.05) is 0 Å². The van der Waals surface area contributed by atoms with Gasteiger partial charge in [0.25, 0.3) is 6.47 Å².